The zero-order chi connectivity index (χ0) is 22.2. The second-order valence-corrected chi connectivity index (χ2v) is 8.57. The van der Waals surface area contributed by atoms with E-state index in [0.29, 0.717) is 0 Å². The monoisotopic (exact) mass is 566 g/mol. The van der Waals surface area contributed by atoms with E-state index in [1.54, 1.807) is 0 Å². The van der Waals surface area contributed by atoms with E-state index in [4.69, 9.17) is 0 Å². The number of halogens is 4. The van der Waals surface area contributed by atoms with Crippen LogP contribution in [0.25, 0.3) is 22.3 Å². The van der Waals surface area contributed by atoms with Crippen LogP contribution in [0.2, 0.25) is 0 Å². The second kappa shape index (κ2) is 17.3. The summed E-state index contributed by atoms with van der Waals surface area (Å²) < 4.78 is 8.71. The number of pyridine rings is 4. The van der Waals surface area contributed by atoms with Crippen molar-refractivity contribution in [1.29, 1.82) is 0 Å². The van der Waals surface area contributed by atoms with Crippen LogP contribution in [0.3, 0.4) is 0 Å². The maximum atomic E-state index is 2.30. The summed E-state index contributed by atoms with van der Waals surface area (Å²) in [6.07, 6.45) is 22.1. The largest absolute Gasteiger partial charge is 1.00 e. The summed E-state index contributed by atoms with van der Waals surface area (Å²) in [4.78, 5) is 0. The van der Waals surface area contributed by atoms with Gasteiger partial charge in [-0.2, -0.15) is 0 Å². The molecule has 0 unspecified atom stereocenters. The summed E-state index contributed by atoms with van der Waals surface area (Å²) in [5.41, 5.74) is 5.06. The number of aryl methyl sites for hydroxylation is 4. The summed E-state index contributed by atoms with van der Waals surface area (Å²) in [7, 11) is 4.09. The Morgan fingerprint density at radius 2 is 0.639 bits per heavy atom. The first-order chi connectivity index (χ1) is 15.7. The van der Waals surface area contributed by atoms with Crippen molar-refractivity contribution in [3.8, 4) is 22.3 Å². The summed E-state index contributed by atoms with van der Waals surface area (Å²) in [5.74, 6) is 0. The minimum absolute atomic E-state index is 0. The van der Waals surface area contributed by atoms with Crippen LogP contribution in [0.1, 0.15) is 25.7 Å². The van der Waals surface area contributed by atoms with Crippen LogP contribution in [0, 0.1) is 0 Å². The molecule has 0 N–H and O–H groups in total. The molecule has 0 saturated heterocycles. The first-order valence-corrected chi connectivity index (χ1v) is 11.6. The zero-order valence-corrected chi connectivity index (χ0v) is 23.8. The van der Waals surface area contributed by atoms with Gasteiger partial charge in [0.25, 0.3) is 0 Å². The molecule has 0 bridgehead atoms. The van der Waals surface area contributed by atoms with Crippen LogP contribution in [0.15, 0.2) is 98.1 Å². The third-order valence-electron chi connectivity index (χ3n) is 5.99. The molecule has 36 heavy (non-hydrogen) atoms. The van der Waals surface area contributed by atoms with Crippen LogP contribution < -0.4 is 67.9 Å². The van der Waals surface area contributed by atoms with Gasteiger partial charge >= 0.3 is 0 Å². The molecular formula is C28H34Cl4N4. The average Bonchev–Trinajstić information content (AvgIpc) is 2.83. The van der Waals surface area contributed by atoms with E-state index in [-0.39, 0.29) is 49.6 Å². The molecule has 0 atom stereocenters. The van der Waals surface area contributed by atoms with Gasteiger partial charge in [-0.25, -0.2) is 18.3 Å². The molecule has 4 heterocycles. The van der Waals surface area contributed by atoms with E-state index in [1.165, 1.54) is 47.9 Å². The minimum atomic E-state index is 0. The lowest BCUT2D eigenvalue weighted by molar-refractivity contribution is -0.698. The number of nitrogens with zero attached hydrogens (tertiary/aromatic N) is 4. The van der Waals surface area contributed by atoms with E-state index in [9.17, 15) is 0 Å². The molecule has 4 rings (SSSR count). The molecule has 0 aromatic carbocycles. The van der Waals surface area contributed by atoms with Crippen molar-refractivity contribution in [2.75, 3.05) is 0 Å². The molecule has 0 aliphatic rings. The van der Waals surface area contributed by atoms with Crippen LogP contribution in [0.5, 0.6) is 0 Å². The normalized spacial score (nSPS) is 9.72. The van der Waals surface area contributed by atoms with Crippen molar-refractivity contribution >= 4 is 0 Å². The first kappa shape index (κ1) is 33.8. The molecule has 0 spiro atoms. The topological polar surface area (TPSA) is 15.5 Å². The molecule has 0 aliphatic heterocycles. The Kier molecular flexibility index (Phi) is 16.2. The van der Waals surface area contributed by atoms with Crippen LogP contribution in [0.4, 0.5) is 0 Å². The molecule has 0 fully saturated rings. The Morgan fingerprint density at radius 1 is 0.389 bits per heavy atom. The van der Waals surface area contributed by atoms with Gasteiger partial charge in [0.15, 0.2) is 49.6 Å². The van der Waals surface area contributed by atoms with Gasteiger partial charge in [0.2, 0.25) is 0 Å². The highest BCUT2D eigenvalue weighted by molar-refractivity contribution is 5.61. The van der Waals surface area contributed by atoms with Crippen molar-refractivity contribution in [3.63, 3.8) is 0 Å². The van der Waals surface area contributed by atoms with Crippen LogP contribution >= 0.6 is 0 Å². The van der Waals surface area contributed by atoms with Gasteiger partial charge < -0.3 is 49.6 Å². The van der Waals surface area contributed by atoms with E-state index in [1.807, 2.05) is 14.1 Å². The highest BCUT2D eigenvalue weighted by Crippen LogP contribution is 2.16. The quantitative estimate of drug-likeness (QED) is 0.141. The van der Waals surface area contributed by atoms with Crippen molar-refractivity contribution in [2.45, 2.75) is 38.8 Å². The smallest absolute Gasteiger partial charge is 0.169 e. The lowest BCUT2D eigenvalue weighted by Crippen LogP contribution is -3.00. The van der Waals surface area contributed by atoms with Crippen molar-refractivity contribution in [3.05, 3.63) is 98.1 Å². The highest BCUT2D eigenvalue weighted by Gasteiger charge is 2.06. The molecule has 4 nitrogen and oxygen atoms in total. The molecule has 4 aromatic rings. The fourth-order valence-corrected chi connectivity index (χ4v) is 3.93. The summed E-state index contributed by atoms with van der Waals surface area (Å²) >= 11 is 0. The van der Waals surface area contributed by atoms with Gasteiger partial charge in [-0.1, -0.05) is 0 Å². The Balaban J connectivity index is 0.00000306. The van der Waals surface area contributed by atoms with Crippen molar-refractivity contribution in [1.82, 2.24) is 0 Å². The van der Waals surface area contributed by atoms with Crippen molar-refractivity contribution in [2.24, 2.45) is 14.1 Å². The minimum Gasteiger partial charge on any atom is -1.00 e. The van der Waals surface area contributed by atoms with E-state index in [0.717, 1.165) is 13.1 Å². The molecule has 0 aliphatic carbocycles. The molecule has 4 aromatic heterocycles. The third-order valence-corrected chi connectivity index (χ3v) is 5.99. The van der Waals surface area contributed by atoms with Gasteiger partial charge in [-0.3, -0.25) is 0 Å². The predicted molar refractivity (Wildman–Crippen MR) is 125 cm³/mol. The summed E-state index contributed by atoms with van der Waals surface area (Å²) in [5, 5.41) is 0. The van der Waals surface area contributed by atoms with Crippen LogP contribution in [-0.4, -0.2) is 0 Å². The second-order valence-electron chi connectivity index (χ2n) is 8.57. The Morgan fingerprint density at radius 3 is 0.917 bits per heavy atom. The Bertz CT molecular complexity index is 1030. The Labute approximate surface area is 240 Å². The highest BCUT2D eigenvalue weighted by atomic mass is 35.5. The molecule has 0 amide bonds. The SMILES string of the molecule is C[n+]1ccc(-c2cc[n+](CCCCCC[n+]3ccc(-c4cc[n+](C)cc4)cc3)cc2)cc1.[Cl-].[Cl-].[Cl-].[Cl-]. The lowest BCUT2D eigenvalue weighted by Gasteiger charge is -2.02. The number of hydrogen-bond acceptors (Lipinski definition) is 0. The van der Waals surface area contributed by atoms with Gasteiger partial charge in [0.05, 0.1) is 0 Å². The molecular weight excluding hydrogens is 534 g/mol. The maximum absolute atomic E-state index is 2.30. The fraction of sp³-hybridized carbons (Fsp3) is 0.286. The molecule has 0 saturated carbocycles. The average molecular weight is 568 g/mol. The number of hydrogen-bond donors (Lipinski definition) is 0. The maximum Gasteiger partial charge on any atom is 0.169 e. The lowest BCUT2D eigenvalue weighted by atomic mass is 10.1. The number of unbranched alkanes of at least 4 members (excludes halogenated alkanes) is 3. The van der Waals surface area contributed by atoms with Gasteiger partial charge in [0, 0.05) is 61.4 Å². The van der Waals surface area contributed by atoms with Gasteiger partial charge in [-0.05, 0) is 35.1 Å². The standard InChI is InChI=1S/C28H34N4.4ClH/c1-29-17-7-25(8-18-29)27-11-21-31(22-12-27)15-5-3-4-6-16-32-23-13-28(14-24-32)26-9-19-30(2)20-10-26;;;;/h7-14,17-24H,3-6,15-16H2,1-2H3;4*1H/q+4;;;;/p-4. The van der Waals surface area contributed by atoms with E-state index >= 15 is 0 Å². The van der Waals surface area contributed by atoms with Gasteiger partial charge in [-0.15, -0.1) is 0 Å². The molecule has 0 radical (unpaired) electrons. The predicted octanol–water partition coefficient (Wildman–Crippen LogP) is -8.48. The van der Waals surface area contributed by atoms with E-state index < -0.39 is 0 Å². The molecule has 194 valence electrons. The molecule has 8 heteroatoms. The third kappa shape index (κ3) is 10.0. The first-order valence-electron chi connectivity index (χ1n) is 11.6. The number of aromatic nitrogens is 4. The Hall–Kier alpha value is -2.24. The number of rotatable bonds is 9. The van der Waals surface area contributed by atoms with E-state index in [2.05, 4.69) is 116 Å². The summed E-state index contributed by atoms with van der Waals surface area (Å²) in [6.45, 7) is 2.17. The fourth-order valence-electron chi connectivity index (χ4n) is 3.93. The van der Waals surface area contributed by atoms with Crippen molar-refractivity contribution < 1.29 is 67.9 Å². The van der Waals surface area contributed by atoms with Gasteiger partial charge in [0.1, 0.15) is 27.2 Å². The van der Waals surface area contributed by atoms with Crippen LogP contribution in [-0.2, 0) is 27.2 Å². The zero-order valence-electron chi connectivity index (χ0n) is 20.8. The summed E-state index contributed by atoms with van der Waals surface area (Å²) in [6, 6.07) is 17.5.